The third-order valence-corrected chi connectivity index (χ3v) is 2.14. The highest BCUT2D eigenvalue weighted by Gasteiger charge is 2.11. The average Bonchev–Trinajstić information content (AvgIpc) is 2.78. The first kappa shape index (κ1) is 11.0. The predicted molar refractivity (Wildman–Crippen MR) is 57.4 cm³/mol. The number of aromatic nitrogens is 1. The lowest BCUT2D eigenvalue weighted by molar-refractivity contribution is 0.0944. The van der Waals surface area contributed by atoms with Gasteiger partial charge in [0.25, 0.3) is 5.91 Å². The first-order valence-electron chi connectivity index (χ1n) is 4.86. The molecule has 0 saturated heterocycles. The maximum absolute atomic E-state index is 11.7. The minimum Gasteiger partial charge on any atom is -0.508 e. The number of phenolic OH excluding ortho intramolecular Hbond substituents is 2. The molecule has 0 aliphatic heterocycles. The van der Waals surface area contributed by atoms with Crippen molar-refractivity contribution in [2.24, 2.45) is 0 Å². The van der Waals surface area contributed by atoms with Gasteiger partial charge in [-0.2, -0.15) is 0 Å². The molecule has 1 heterocycles. The molecule has 2 rings (SSSR count). The Morgan fingerprint density at radius 3 is 2.82 bits per heavy atom. The molecule has 6 heteroatoms. The van der Waals surface area contributed by atoms with Crippen molar-refractivity contribution in [2.45, 2.75) is 6.54 Å². The number of phenols is 2. The van der Waals surface area contributed by atoms with E-state index in [-0.39, 0.29) is 23.6 Å². The SMILES string of the molecule is O=C(NCc1ccno1)c1ccc(O)cc1O. The zero-order valence-corrected chi connectivity index (χ0v) is 8.75. The Bertz CT molecular complexity index is 522. The Labute approximate surface area is 96.5 Å². The summed E-state index contributed by atoms with van der Waals surface area (Å²) in [5.74, 6) is -0.329. The van der Waals surface area contributed by atoms with Gasteiger partial charge in [0.05, 0.1) is 18.3 Å². The summed E-state index contributed by atoms with van der Waals surface area (Å²) in [6.07, 6.45) is 1.47. The van der Waals surface area contributed by atoms with Crippen molar-refractivity contribution in [3.05, 3.63) is 41.8 Å². The molecule has 0 aliphatic rings. The van der Waals surface area contributed by atoms with Crippen LogP contribution in [0.4, 0.5) is 0 Å². The van der Waals surface area contributed by atoms with Crippen molar-refractivity contribution in [1.29, 1.82) is 0 Å². The molecule has 1 amide bonds. The van der Waals surface area contributed by atoms with Gasteiger partial charge in [-0.1, -0.05) is 5.16 Å². The summed E-state index contributed by atoms with van der Waals surface area (Å²) in [6.45, 7) is 0.180. The molecule has 2 aromatic rings. The molecule has 3 N–H and O–H groups in total. The van der Waals surface area contributed by atoms with Crippen molar-refractivity contribution < 1.29 is 19.5 Å². The van der Waals surface area contributed by atoms with Crippen LogP contribution in [0.25, 0.3) is 0 Å². The summed E-state index contributed by atoms with van der Waals surface area (Å²) in [7, 11) is 0. The maximum atomic E-state index is 11.7. The van der Waals surface area contributed by atoms with Crippen LogP contribution in [-0.4, -0.2) is 21.3 Å². The Balaban J connectivity index is 2.04. The molecule has 0 spiro atoms. The fraction of sp³-hybridized carbons (Fsp3) is 0.0909. The van der Waals surface area contributed by atoms with E-state index < -0.39 is 5.91 Å². The summed E-state index contributed by atoms with van der Waals surface area (Å²) in [5.41, 5.74) is 0.0855. The molecule has 6 nitrogen and oxygen atoms in total. The molecular formula is C11H10N2O4. The van der Waals surface area contributed by atoms with Crippen LogP contribution in [-0.2, 0) is 6.54 Å². The second-order valence-electron chi connectivity index (χ2n) is 3.36. The Hall–Kier alpha value is -2.50. The maximum Gasteiger partial charge on any atom is 0.255 e. The predicted octanol–water partition coefficient (Wildman–Crippen LogP) is 1.02. The van der Waals surface area contributed by atoms with Crippen LogP contribution in [0.2, 0.25) is 0 Å². The number of hydrogen-bond acceptors (Lipinski definition) is 5. The number of carbonyl (C=O) groups is 1. The number of rotatable bonds is 3. The number of hydrogen-bond donors (Lipinski definition) is 3. The highest BCUT2D eigenvalue weighted by molar-refractivity contribution is 5.96. The minimum absolute atomic E-state index is 0.0855. The fourth-order valence-corrected chi connectivity index (χ4v) is 1.31. The smallest absolute Gasteiger partial charge is 0.255 e. The summed E-state index contributed by atoms with van der Waals surface area (Å²) in [5, 5.41) is 24.6. The zero-order valence-electron chi connectivity index (χ0n) is 8.75. The summed E-state index contributed by atoms with van der Waals surface area (Å²) in [6, 6.07) is 5.38. The van der Waals surface area contributed by atoms with Crippen LogP contribution in [0.1, 0.15) is 16.1 Å². The third kappa shape index (κ3) is 2.54. The molecule has 0 bridgehead atoms. The first-order chi connectivity index (χ1) is 8.16. The molecule has 0 aliphatic carbocycles. The van der Waals surface area contributed by atoms with E-state index in [1.165, 1.54) is 18.3 Å². The van der Waals surface area contributed by atoms with Gasteiger partial charge in [-0.15, -0.1) is 0 Å². The second-order valence-corrected chi connectivity index (χ2v) is 3.36. The van der Waals surface area contributed by atoms with E-state index in [9.17, 15) is 9.90 Å². The monoisotopic (exact) mass is 234 g/mol. The normalized spacial score (nSPS) is 10.1. The topological polar surface area (TPSA) is 95.6 Å². The van der Waals surface area contributed by atoms with Gasteiger partial charge in [0.2, 0.25) is 0 Å². The second kappa shape index (κ2) is 4.56. The van der Waals surface area contributed by atoms with Gasteiger partial charge < -0.3 is 20.1 Å². The lowest BCUT2D eigenvalue weighted by Gasteiger charge is -2.05. The highest BCUT2D eigenvalue weighted by Crippen LogP contribution is 2.22. The molecule has 0 fully saturated rings. The van der Waals surface area contributed by atoms with E-state index in [2.05, 4.69) is 10.5 Å². The Kier molecular flexibility index (Phi) is 2.95. The van der Waals surface area contributed by atoms with Gasteiger partial charge in [0.1, 0.15) is 11.5 Å². The fourth-order valence-electron chi connectivity index (χ4n) is 1.31. The van der Waals surface area contributed by atoms with Crippen LogP contribution >= 0.6 is 0 Å². The number of nitrogens with zero attached hydrogens (tertiary/aromatic N) is 1. The summed E-state index contributed by atoms with van der Waals surface area (Å²) < 4.78 is 4.80. The number of amides is 1. The van der Waals surface area contributed by atoms with Gasteiger partial charge in [-0.3, -0.25) is 4.79 Å². The molecule has 0 saturated carbocycles. The molecule has 0 unspecified atom stereocenters. The number of benzene rings is 1. The van der Waals surface area contributed by atoms with E-state index in [1.54, 1.807) is 6.07 Å². The van der Waals surface area contributed by atoms with Crippen molar-refractivity contribution >= 4 is 5.91 Å². The number of aromatic hydroxyl groups is 2. The van der Waals surface area contributed by atoms with Gasteiger partial charge in [0.15, 0.2) is 5.76 Å². The van der Waals surface area contributed by atoms with Crippen LogP contribution in [0.3, 0.4) is 0 Å². The van der Waals surface area contributed by atoms with Crippen LogP contribution in [0, 0.1) is 0 Å². The van der Waals surface area contributed by atoms with E-state index in [1.807, 2.05) is 0 Å². The molecule has 1 aromatic heterocycles. The molecule has 0 atom stereocenters. The van der Waals surface area contributed by atoms with E-state index in [4.69, 9.17) is 9.63 Å². The standard InChI is InChI=1S/C11H10N2O4/c14-7-1-2-9(10(15)5-7)11(16)12-6-8-3-4-13-17-8/h1-5,14-15H,6H2,(H,12,16). The summed E-state index contributed by atoms with van der Waals surface area (Å²) in [4.78, 5) is 11.7. The van der Waals surface area contributed by atoms with Gasteiger partial charge in [-0.25, -0.2) is 0 Å². The van der Waals surface area contributed by atoms with Crippen molar-refractivity contribution in [1.82, 2.24) is 10.5 Å². The van der Waals surface area contributed by atoms with Gasteiger partial charge >= 0.3 is 0 Å². The van der Waals surface area contributed by atoms with Gasteiger partial charge in [0, 0.05) is 12.1 Å². The Morgan fingerprint density at radius 1 is 1.35 bits per heavy atom. The molecule has 88 valence electrons. The van der Waals surface area contributed by atoms with E-state index in [0.717, 1.165) is 6.07 Å². The largest absolute Gasteiger partial charge is 0.508 e. The average molecular weight is 234 g/mol. The first-order valence-corrected chi connectivity index (χ1v) is 4.86. The van der Waals surface area contributed by atoms with Gasteiger partial charge in [-0.05, 0) is 12.1 Å². The van der Waals surface area contributed by atoms with Crippen molar-refractivity contribution in [3.63, 3.8) is 0 Å². The summed E-state index contributed by atoms with van der Waals surface area (Å²) >= 11 is 0. The molecule has 1 aromatic carbocycles. The number of carbonyl (C=O) groups excluding carboxylic acids is 1. The molecular weight excluding hydrogens is 224 g/mol. The quantitative estimate of drug-likeness (QED) is 0.736. The van der Waals surface area contributed by atoms with Crippen molar-refractivity contribution in [3.8, 4) is 11.5 Å². The third-order valence-electron chi connectivity index (χ3n) is 2.14. The zero-order chi connectivity index (χ0) is 12.3. The minimum atomic E-state index is -0.459. The van der Waals surface area contributed by atoms with Crippen LogP contribution in [0.5, 0.6) is 11.5 Å². The highest BCUT2D eigenvalue weighted by atomic mass is 16.5. The molecule has 17 heavy (non-hydrogen) atoms. The van der Waals surface area contributed by atoms with E-state index in [0.29, 0.717) is 5.76 Å². The lowest BCUT2D eigenvalue weighted by Crippen LogP contribution is -2.22. The van der Waals surface area contributed by atoms with Crippen LogP contribution < -0.4 is 5.32 Å². The van der Waals surface area contributed by atoms with E-state index >= 15 is 0 Å². The van der Waals surface area contributed by atoms with Crippen LogP contribution in [0.15, 0.2) is 35.0 Å². The lowest BCUT2D eigenvalue weighted by atomic mass is 10.2. The van der Waals surface area contributed by atoms with Crippen molar-refractivity contribution in [2.75, 3.05) is 0 Å². The molecule has 0 radical (unpaired) electrons. The number of nitrogens with one attached hydrogen (secondary N) is 1. The Morgan fingerprint density at radius 2 is 2.18 bits per heavy atom.